The van der Waals surface area contributed by atoms with Gasteiger partial charge in [-0.2, -0.15) is 0 Å². The molecule has 0 N–H and O–H groups in total. The number of amides is 1. The molecule has 4 rings (SSSR count). The third-order valence-electron chi connectivity index (χ3n) is 4.75. The highest BCUT2D eigenvalue weighted by Crippen LogP contribution is 2.30. The zero-order valence-corrected chi connectivity index (χ0v) is 16.5. The standard InChI is InChI=1S/C19H22N4OS2/c1-14-6-8-15(9-7-14)16-12-25-18-20-21-19(23(16)18)26-13-17(24)22-10-4-2-3-5-11-22/h6-9,12H,2-5,10-11,13H2,1H3. The first-order valence-corrected chi connectivity index (χ1v) is 10.9. The van der Waals surface area contributed by atoms with Gasteiger partial charge in [-0.15, -0.1) is 21.5 Å². The highest BCUT2D eigenvalue weighted by Gasteiger charge is 2.19. The molecule has 0 unspecified atom stereocenters. The van der Waals surface area contributed by atoms with E-state index in [2.05, 4.69) is 51.2 Å². The lowest BCUT2D eigenvalue weighted by molar-refractivity contribution is -0.128. The molecule has 1 aliphatic rings. The Morgan fingerprint density at radius 3 is 2.58 bits per heavy atom. The second-order valence-electron chi connectivity index (χ2n) is 6.67. The Balaban J connectivity index is 1.52. The van der Waals surface area contributed by atoms with Crippen LogP contribution in [-0.2, 0) is 4.79 Å². The van der Waals surface area contributed by atoms with Gasteiger partial charge in [-0.25, -0.2) is 0 Å². The monoisotopic (exact) mass is 386 g/mol. The van der Waals surface area contributed by atoms with E-state index in [4.69, 9.17) is 0 Å². The zero-order chi connectivity index (χ0) is 17.9. The van der Waals surface area contributed by atoms with Crippen LogP contribution in [0.25, 0.3) is 16.2 Å². The van der Waals surface area contributed by atoms with Crippen molar-refractivity contribution in [2.45, 2.75) is 37.8 Å². The Kier molecular flexibility index (Phi) is 5.26. The third-order valence-corrected chi connectivity index (χ3v) is 6.48. The molecule has 7 heteroatoms. The first-order valence-electron chi connectivity index (χ1n) is 9.02. The highest BCUT2D eigenvalue weighted by atomic mass is 32.2. The maximum Gasteiger partial charge on any atom is 0.233 e. The largest absolute Gasteiger partial charge is 0.342 e. The summed E-state index contributed by atoms with van der Waals surface area (Å²) in [5.41, 5.74) is 3.46. The van der Waals surface area contributed by atoms with Crippen molar-refractivity contribution < 1.29 is 4.79 Å². The van der Waals surface area contributed by atoms with Crippen LogP contribution in [0.15, 0.2) is 34.8 Å². The number of hydrogen-bond acceptors (Lipinski definition) is 5. The van der Waals surface area contributed by atoms with Crippen molar-refractivity contribution in [1.29, 1.82) is 0 Å². The van der Waals surface area contributed by atoms with Crippen LogP contribution in [0, 0.1) is 6.92 Å². The highest BCUT2D eigenvalue weighted by molar-refractivity contribution is 7.99. The van der Waals surface area contributed by atoms with Crippen LogP contribution >= 0.6 is 23.1 Å². The molecule has 26 heavy (non-hydrogen) atoms. The number of fused-ring (bicyclic) bond motifs is 1. The maximum atomic E-state index is 12.6. The number of nitrogens with zero attached hydrogens (tertiary/aromatic N) is 4. The lowest BCUT2D eigenvalue weighted by atomic mass is 10.1. The van der Waals surface area contributed by atoms with Crippen molar-refractivity contribution in [3.05, 3.63) is 35.2 Å². The van der Waals surface area contributed by atoms with Crippen LogP contribution < -0.4 is 0 Å². The summed E-state index contributed by atoms with van der Waals surface area (Å²) in [6.07, 6.45) is 4.70. The molecule has 0 radical (unpaired) electrons. The molecule has 3 aromatic rings. The minimum Gasteiger partial charge on any atom is -0.342 e. The number of likely N-dealkylation sites (tertiary alicyclic amines) is 1. The number of carbonyl (C=O) groups is 1. The summed E-state index contributed by atoms with van der Waals surface area (Å²) in [4.78, 5) is 15.4. The lowest BCUT2D eigenvalue weighted by Crippen LogP contribution is -2.33. The van der Waals surface area contributed by atoms with E-state index >= 15 is 0 Å². The SMILES string of the molecule is Cc1ccc(-c2csc3nnc(SCC(=O)N4CCCCCC4)n23)cc1. The summed E-state index contributed by atoms with van der Waals surface area (Å²) >= 11 is 3.07. The van der Waals surface area contributed by atoms with Gasteiger partial charge in [-0.3, -0.25) is 9.20 Å². The van der Waals surface area contributed by atoms with E-state index in [1.165, 1.54) is 30.2 Å². The Morgan fingerprint density at radius 2 is 1.85 bits per heavy atom. The molecule has 2 aromatic heterocycles. The number of benzene rings is 1. The minimum atomic E-state index is 0.209. The van der Waals surface area contributed by atoms with Crippen molar-refractivity contribution in [2.75, 3.05) is 18.8 Å². The molecule has 0 saturated carbocycles. The van der Waals surface area contributed by atoms with Crippen molar-refractivity contribution in [3.8, 4) is 11.3 Å². The van der Waals surface area contributed by atoms with Gasteiger partial charge in [0.2, 0.25) is 10.9 Å². The molecule has 3 heterocycles. The van der Waals surface area contributed by atoms with Gasteiger partial charge < -0.3 is 4.90 Å². The molecule has 0 spiro atoms. The molecule has 1 aliphatic heterocycles. The molecule has 1 saturated heterocycles. The summed E-state index contributed by atoms with van der Waals surface area (Å²) in [6.45, 7) is 3.87. The summed E-state index contributed by atoms with van der Waals surface area (Å²) < 4.78 is 2.07. The molecule has 0 atom stereocenters. The molecule has 1 fully saturated rings. The molecule has 1 amide bonds. The Labute approximate surface area is 161 Å². The van der Waals surface area contributed by atoms with E-state index in [1.807, 2.05) is 4.90 Å². The number of aromatic nitrogens is 3. The van der Waals surface area contributed by atoms with Gasteiger partial charge in [0, 0.05) is 18.5 Å². The number of aryl methyl sites for hydroxylation is 1. The second kappa shape index (κ2) is 7.80. The van der Waals surface area contributed by atoms with Gasteiger partial charge in [0.15, 0.2) is 5.16 Å². The van der Waals surface area contributed by atoms with Crippen molar-refractivity contribution in [3.63, 3.8) is 0 Å². The van der Waals surface area contributed by atoms with E-state index in [9.17, 15) is 4.79 Å². The first-order chi connectivity index (χ1) is 12.7. The van der Waals surface area contributed by atoms with Gasteiger partial charge in [-0.05, 0) is 25.3 Å². The normalized spacial score (nSPS) is 15.3. The van der Waals surface area contributed by atoms with E-state index in [0.717, 1.165) is 47.3 Å². The van der Waals surface area contributed by atoms with Crippen LogP contribution in [0.1, 0.15) is 31.2 Å². The van der Waals surface area contributed by atoms with Crippen LogP contribution in [0.5, 0.6) is 0 Å². The molecular formula is C19H22N4OS2. The molecular weight excluding hydrogens is 364 g/mol. The molecule has 1 aromatic carbocycles. The van der Waals surface area contributed by atoms with Crippen LogP contribution in [0.4, 0.5) is 0 Å². The van der Waals surface area contributed by atoms with Crippen LogP contribution in [0.3, 0.4) is 0 Å². The predicted molar refractivity (Wildman–Crippen MR) is 107 cm³/mol. The summed E-state index contributed by atoms with van der Waals surface area (Å²) in [6, 6.07) is 8.46. The predicted octanol–water partition coefficient (Wildman–Crippen LogP) is 4.26. The van der Waals surface area contributed by atoms with E-state index in [1.54, 1.807) is 11.3 Å². The van der Waals surface area contributed by atoms with E-state index < -0.39 is 0 Å². The van der Waals surface area contributed by atoms with Gasteiger partial charge >= 0.3 is 0 Å². The van der Waals surface area contributed by atoms with Gasteiger partial charge in [0.25, 0.3) is 0 Å². The maximum absolute atomic E-state index is 12.6. The topological polar surface area (TPSA) is 50.5 Å². The molecule has 5 nitrogen and oxygen atoms in total. The number of carbonyl (C=O) groups excluding carboxylic acids is 1. The fourth-order valence-electron chi connectivity index (χ4n) is 3.25. The summed E-state index contributed by atoms with van der Waals surface area (Å²) in [5.74, 6) is 0.630. The number of thioether (sulfide) groups is 1. The first kappa shape index (κ1) is 17.5. The van der Waals surface area contributed by atoms with Gasteiger partial charge in [-0.1, -0.05) is 54.4 Å². The lowest BCUT2D eigenvalue weighted by Gasteiger charge is -2.19. The number of hydrogen-bond donors (Lipinski definition) is 0. The number of rotatable bonds is 4. The summed E-state index contributed by atoms with van der Waals surface area (Å²) in [5, 5.41) is 11.5. The van der Waals surface area contributed by atoms with Gasteiger partial charge in [0.05, 0.1) is 11.4 Å². The zero-order valence-electron chi connectivity index (χ0n) is 14.9. The van der Waals surface area contributed by atoms with E-state index in [0.29, 0.717) is 5.75 Å². The van der Waals surface area contributed by atoms with Crippen LogP contribution in [0.2, 0.25) is 0 Å². The fourth-order valence-corrected chi connectivity index (χ4v) is 5.00. The average molecular weight is 387 g/mol. The Morgan fingerprint density at radius 1 is 1.12 bits per heavy atom. The van der Waals surface area contributed by atoms with Crippen LogP contribution in [-0.4, -0.2) is 44.2 Å². The van der Waals surface area contributed by atoms with Gasteiger partial charge in [0.1, 0.15) is 0 Å². The van der Waals surface area contributed by atoms with E-state index in [-0.39, 0.29) is 5.91 Å². The van der Waals surface area contributed by atoms with Crippen molar-refractivity contribution in [2.24, 2.45) is 0 Å². The Bertz CT molecular complexity index is 892. The number of thiazole rings is 1. The van der Waals surface area contributed by atoms with Crippen molar-refractivity contribution in [1.82, 2.24) is 19.5 Å². The summed E-state index contributed by atoms with van der Waals surface area (Å²) in [7, 11) is 0. The average Bonchev–Trinajstić information content (AvgIpc) is 3.13. The minimum absolute atomic E-state index is 0.209. The quantitative estimate of drug-likeness (QED) is 0.629. The fraction of sp³-hybridized carbons (Fsp3) is 0.421. The van der Waals surface area contributed by atoms with Crippen molar-refractivity contribution >= 4 is 34.0 Å². The third kappa shape index (κ3) is 3.64. The second-order valence-corrected chi connectivity index (χ2v) is 8.45. The molecule has 136 valence electrons. The Hall–Kier alpha value is -1.86. The molecule has 0 bridgehead atoms. The molecule has 0 aliphatic carbocycles. The smallest absolute Gasteiger partial charge is 0.233 e.